The number of rotatable bonds is 8. The zero-order chi connectivity index (χ0) is 20.1. The van der Waals surface area contributed by atoms with Crippen LogP contribution in [0.3, 0.4) is 0 Å². The van der Waals surface area contributed by atoms with Crippen molar-refractivity contribution in [2.24, 2.45) is 0 Å². The molecule has 29 heavy (non-hydrogen) atoms. The number of hydrogen-bond acceptors (Lipinski definition) is 6. The Morgan fingerprint density at radius 2 is 1.90 bits per heavy atom. The number of carbonyl (C=O) groups excluding carboxylic acids is 1. The van der Waals surface area contributed by atoms with Crippen molar-refractivity contribution in [3.05, 3.63) is 78.1 Å². The van der Waals surface area contributed by atoms with E-state index in [4.69, 9.17) is 13.9 Å². The number of benzene rings is 1. The van der Waals surface area contributed by atoms with E-state index in [2.05, 4.69) is 15.5 Å². The van der Waals surface area contributed by atoms with Gasteiger partial charge in [0, 0.05) is 19.2 Å². The lowest BCUT2D eigenvalue weighted by atomic mass is 10.3. The number of hydrogen-bond donors (Lipinski definition) is 1. The average Bonchev–Trinajstić information content (AvgIpc) is 3.40. The molecular weight excluding hydrogens is 372 g/mol. The van der Waals surface area contributed by atoms with Gasteiger partial charge in [0.2, 0.25) is 0 Å². The minimum Gasteiger partial charge on any atom is -0.493 e. The van der Waals surface area contributed by atoms with E-state index in [9.17, 15) is 4.79 Å². The monoisotopic (exact) mass is 392 g/mol. The molecule has 0 bridgehead atoms. The molecule has 148 valence electrons. The zero-order valence-electron chi connectivity index (χ0n) is 15.9. The van der Waals surface area contributed by atoms with Crippen LogP contribution in [-0.4, -0.2) is 34.2 Å². The van der Waals surface area contributed by atoms with E-state index in [1.807, 2.05) is 53.1 Å². The molecule has 1 aromatic carbocycles. The molecular formula is C21H20N4O4. The molecule has 1 amide bonds. The maximum Gasteiger partial charge on any atom is 0.287 e. The number of nitrogens with zero attached hydrogens (tertiary/aromatic N) is 3. The third-order valence-electron chi connectivity index (χ3n) is 4.34. The fourth-order valence-electron chi connectivity index (χ4n) is 2.90. The summed E-state index contributed by atoms with van der Waals surface area (Å²) < 4.78 is 18.4. The molecule has 3 aromatic heterocycles. The third kappa shape index (κ3) is 4.21. The molecule has 0 atom stereocenters. The van der Waals surface area contributed by atoms with Gasteiger partial charge >= 0.3 is 0 Å². The lowest BCUT2D eigenvalue weighted by molar-refractivity contribution is 0.0922. The summed E-state index contributed by atoms with van der Waals surface area (Å²) in [6.45, 7) is 0.613. The number of pyridine rings is 1. The maximum atomic E-state index is 12.3. The molecule has 8 nitrogen and oxygen atoms in total. The van der Waals surface area contributed by atoms with E-state index < -0.39 is 0 Å². The number of nitrogens with one attached hydrogen (secondary N) is 1. The number of ether oxygens (including phenoxy) is 2. The molecule has 0 radical (unpaired) electrons. The van der Waals surface area contributed by atoms with Crippen LogP contribution in [0.15, 0.2) is 65.2 Å². The van der Waals surface area contributed by atoms with Gasteiger partial charge in [-0.3, -0.25) is 9.20 Å². The summed E-state index contributed by atoms with van der Waals surface area (Å²) in [7, 11) is 1.58. The Hall–Kier alpha value is -3.81. The highest BCUT2D eigenvalue weighted by atomic mass is 16.5. The molecule has 0 saturated carbocycles. The largest absolute Gasteiger partial charge is 0.493 e. The molecule has 0 saturated heterocycles. The maximum absolute atomic E-state index is 12.3. The number of methoxy groups -OCH3 is 1. The van der Waals surface area contributed by atoms with Crippen LogP contribution in [0.1, 0.15) is 22.1 Å². The molecule has 4 aromatic rings. The minimum absolute atomic E-state index is 0.194. The Labute approximate surface area is 167 Å². The van der Waals surface area contributed by atoms with Gasteiger partial charge in [0.05, 0.1) is 7.11 Å². The van der Waals surface area contributed by atoms with Crippen molar-refractivity contribution >= 4 is 11.6 Å². The number of carbonyl (C=O) groups is 1. The first kappa shape index (κ1) is 18.5. The molecule has 0 spiro atoms. The van der Waals surface area contributed by atoms with Crippen molar-refractivity contribution in [2.75, 3.05) is 13.7 Å². The summed E-state index contributed by atoms with van der Waals surface area (Å²) in [5, 5.41) is 11.1. The third-order valence-corrected chi connectivity index (χ3v) is 4.34. The van der Waals surface area contributed by atoms with Crippen molar-refractivity contribution < 1.29 is 18.7 Å². The molecule has 3 heterocycles. The average molecular weight is 392 g/mol. The van der Waals surface area contributed by atoms with E-state index in [0.717, 1.165) is 11.5 Å². The van der Waals surface area contributed by atoms with E-state index in [1.165, 1.54) is 0 Å². The quantitative estimate of drug-likeness (QED) is 0.496. The molecule has 0 unspecified atom stereocenters. The van der Waals surface area contributed by atoms with Gasteiger partial charge in [-0.2, -0.15) is 0 Å². The SMILES string of the molecule is COc1ccccc1OCc1ccc(C(=O)NCCc2nnc3ccccn23)o1. The Bertz CT molecular complexity index is 1120. The van der Waals surface area contributed by atoms with Crippen LogP contribution < -0.4 is 14.8 Å². The first-order chi connectivity index (χ1) is 14.2. The van der Waals surface area contributed by atoms with Gasteiger partial charge in [-0.05, 0) is 36.4 Å². The summed E-state index contributed by atoms with van der Waals surface area (Å²) in [6.07, 6.45) is 2.45. The number of para-hydroxylation sites is 2. The summed E-state index contributed by atoms with van der Waals surface area (Å²) >= 11 is 0. The predicted molar refractivity (Wildman–Crippen MR) is 105 cm³/mol. The van der Waals surface area contributed by atoms with Crippen LogP contribution in [0.5, 0.6) is 11.5 Å². The van der Waals surface area contributed by atoms with Crippen molar-refractivity contribution in [1.82, 2.24) is 19.9 Å². The fraction of sp³-hybridized carbons (Fsp3) is 0.190. The minimum atomic E-state index is -0.289. The van der Waals surface area contributed by atoms with Crippen molar-refractivity contribution in [2.45, 2.75) is 13.0 Å². The highest BCUT2D eigenvalue weighted by Gasteiger charge is 2.13. The Morgan fingerprint density at radius 3 is 2.76 bits per heavy atom. The van der Waals surface area contributed by atoms with Gasteiger partial charge in [-0.25, -0.2) is 0 Å². The van der Waals surface area contributed by atoms with Crippen molar-refractivity contribution in [1.29, 1.82) is 0 Å². The van der Waals surface area contributed by atoms with E-state index in [0.29, 0.717) is 30.2 Å². The van der Waals surface area contributed by atoms with Gasteiger partial charge in [0.15, 0.2) is 22.9 Å². The molecule has 1 N–H and O–H groups in total. The molecule has 8 heteroatoms. The van der Waals surface area contributed by atoms with Gasteiger partial charge in [0.1, 0.15) is 18.2 Å². The number of fused-ring (bicyclic) bond motifs is 1. The number of furan rings is 1. The first-order valence-electron chi connectivity index (χ1n) is 9.16. The van der Waals surface area contributed by atoms with Crippen molar-refractivity contribution in [3.8, 4) is 11.5 Å². The second kappa shape index (κ2) is 8.47. The van der Waals surface area contributed by atoms with Crippen LogP contribution in [-0.2, 0) is 13.0 Å². The summed E-state index contributed by atoms with van der Waals surface area (Å²) in [5.74, 6) is 2.52. The van der Waals surface area contributed by atoms with Crippen LogP contribution in [0, 0.1) is 0 Å². The lowest BCUT2D eigenvalue weighted by Gasteiger charge is -2.08. The Morgan fingerprint density at radius 1 is 1.07 bits per heavy atom. The van der Waals surface area contributed by atoms with Crippen LogP contribution >= 0.6 is 0 Å². The van der Waals surface area contributed by atoms with Crippen LogP contribution in [0.25, 0.3) is 5.65 Å². The standard InChI is InChI=1S/C21H20N4O4/c1-27-16-6-2-3-7-17(16)28-14-15-9-10-18(29-15)21(26)22-12-11-20-24-23-19-8-4-5-13-25(19)20/h2-10,13H,11-12,14H2,1H3,(H,22,26). The van der Waals surface area contributed by atoms with Crippen LogP contribution in [0.2, 0.25) is 0 Å². The molecule has 0 fully saturated rings. The number of amides is 1. The zero-order valence-corrected chi connectivity index (χ0v) is 15.9. The molecule has 0 aliphatic heterocycles. The van der Waals surface area contributed by atoms with E-state index in [1.54, 1.807) is 19.2 Å². The highest BCUT2D eigenvalue weighted by Crippen LogP contribution is 2.26. The summed E-state index contributed by atoms with van der Waals surface area (Å²) in [6, 6.07) is 16.4. The lowest BCUT2D eigenvalue weighted by Crippen LogP contribution is -2.25. The normalized spacial score (nSPS) is 10.8. The summed E-state index contributed by atoms with van der Waals surface area (Å²) in [4.78, 5) is 12.3. The van der Waals surface area contributed by atoms with Gasteiger partial charge in [-0.15, -0.1) is 10.2 Å². The molecule has 0 aliphatic rings. The van der Waals surface area contributed by atoms with E-state index >= 15 is 0 Å². The molecule has 0 aliphatic carbocycles. The van der Waals surface area contributed by atoms with Crippen molar-refractivity contribution in [3.63, 3.8) is 0 Å². The van der Waals surface area contributed by atoms with Crippen LogP contribution in [0.4, 0.5) is 0 Å². The molecule has 4 rings (SSSR count). The van der Waals surface area contributed by atoms with Gasteiger partial charge in [-0.1, -0.05) is 18.2 Å². The Kier molecular flexibility index (Phi) is 5.42. The predicted octanol–water partition coefficient (Wildman–Crippen LogP) is 2.88. The van der Waals surface area contributed by atoms with Gasteiger partial charge < -0.3 is 19.2 Å². The highest BCUT2D eigenvalue weighted by molar-refractivity contribution is 5.91. The second-order valence-corrected chi connectivity index (χ2v) is 6.26. The fourth-order valence-corrected chi connectivity index (χ4v) is 2.90. The first-order valence-corrected chi connectivity index (χ1v) is 9.16. The Balaban J connectivity index is 1.30. The smallest absolute Gasteiger partial charge is 0.287 e. The topological polar surface area (TPSA) is 90.9 Å². The number of aromatic nitrogens is 3. The summed E-state index contributed by atoms with van der Waals surface area (Å²) in [5.41, 5.74) is 0.777. The van der Waals surface area contributed by atoms with Gasteiger partial charge in [0.25, 0.3) is 5.91 Å². The van der Waals surface area contributed by atoms with E-state index in [-0.39, 0.29) is 18.3 Å². The second-order valence-electron chi connectivity index (χ2n) is 6.26.